The Hall–Kier alpha value is -2.42. The van der Waals surface area contributed by atoms with Gasteiger partial charge in [-0.15, -0.1) is 11.3 Å². The third kappa shape index (κ3) is 5.88. The van der Waals surface area contributed by atoms with E-state index in [9.17, 15) is 14.0 Å². The molecule has 1 saturated heterocycles. The number of halogens is 2. The molecule has 2 heterocycles. The van der Waals surface area contributed by atoms with E-state index in [0.29, 0.717) is 23.7 Å². The third-order valence-electron chi connectivity index (χ3n) is 5.18. The topological polar surface area (TPSA) is 53.5 Å². The molecule has 32 heavy (non-hydrogen) atoms. The average molecular weight is 490 g/mol. The Morgan fingerprint density at radius 3 is 2.41 bits per heavy atom. The average Bonchev–Trinajstić information content (AvgIpc) is 3.26. The minimum absolute atomic E-state index is 0.0602. The maximum atomic E-state index is 13.0. The molecule has 0 radical (unpaired) electrons. The zero-order valence-corrected chi connectivity index (χ0v) is 19.6. The largest absolute Gasteiger partial charge is 0.368 e. The summed E-state index contributed by atoms with van der Waals surface area (Å²) in [4.78, 5) is 33.5. The first-order valence-corrected chi connectivity index (χ1v) is 12.4. The number of thiazole rings is 1. The molecule has 166 valence electrons. The van der Waals surface area contributed by atoms with Crippen LogP contribution < -0.4 is 4.90 Å². The van der Waals surface area contributed by atoms with Crippen molar-refractivity contribution in [3.05, 3.63) is 76.0 Å². The van der Waals surface area contributed by atoms with Crippen LogP contribution >= 0.6 is 34.7 Å². The second kappa shape index (κ2) is 10.5. The lowest BCUT2D eigenvalue weighted by Gasteiger charge is -2.36. The van der Waals surface area contributed by atoms with Gasteiger partial charge in [0.15, 0.2) is 10.1 Å². The number of anilines is 1. The summed E-state index contributed by atoms with van der Waals surface area (Å²) >= 11 is 8.71. The van der Waals surface area contributed by atoms with E-state index in [2.05, 4.69) is 9.88 Å². The van der Waals surface area contributed by atoms with Crippen molar-refractivity contribution in [1.82, 2.24) is 9.88 Å². The monoisotopic (exact) mass is 489 g/mol. The van der Waals surface area contributed by atoms with Gasteiger partial charge in [0.1, 0.15) is 5.82 Å². The number of amides is 1. The van der Waals surface area contributed by atoms with Crippen molar-refractivity contribution >= 4 is 52.1 Å². The molecular weight excluding hydrogens is 469 g/mol. The highest BCUT2D eigenvalue weighted by atomic mass is 35.5. The van der Waals surface area contributed by atoms with Gasteiger partial charge in [-0.2, -0.15) is 0 Å². The van der Waals surface area contributed by atoms with Gasteiger partial charge in [-0.1, -0.05) is 23.4 Å². The van der Waals surface area contributed by atoms with Gasteiger partial charge < -0.3 is 9.80 Å². The predicted molar refractivity (Wildman–Crippen MR) is 128 cm³/mol. The van der Waals surface area contributed by atoms with E-state index >= 15 is 0 Å². The van der Waals surface area contributed by atoms with E-state index in [4.69, 9.17) is 11.6 Å². The quantitative estimate of drug-likeness (QED) is 0.352. The summed E-state index contributed by atoms with van der Waals surface area (Å²) in [7, 11) is 0. The smallest absolute Gasteiger partial charge is 0.228 e. The van der Waals surface area contributed by atoms with Crippen molar-refractivity contribution in [3.63, 3.8) is 0 Å². The lowest BCUT2D eigenvalue weighted by molar-refractivity contribution is -0.130. The minimum atomic E-state index is -0.366. The fourth-order valence-corrected chi connectivity index (χ4v) is 5.28. The number of rotatable bonds is 7. The molecule has 9 heteroatoms. The van der Waals surface area contributed by atoms with E-state index in [1.165, 1.54) is 47.4 Å². The number of nitrogens with zero attached hydrogens (tertiary/aromatic N) is 3. The molecule has 1 aliphatic heterocycles. The molecule has 1 amide bonds. The van der Waals surface area contributed by atoms with Crippen molar-refractivity contribution in [2.24, 2.45) is 0 Å². The van der Waals surface area contributed by atoms with E-state index in [-0.39, 0.29) is 29.7 Å². The van der Waals surface area contributed by atoms with Crippen molar-refractivity contribution < 1.29 is 14.0 Å². The second-order valence-electron chi connectivity index (χ2n) is 7.34. The summed E-state index contributed by atoms with van der Waals surface area (Å²) in [5, 5.41) is 2.58. The normalized spacial score (nSPS) is 13.9. The van der Waals surface area contributed by atoms with Crippen LogP contribution in [0.3, 0.4) is 0 Å². The fraction of sp³-hybridized carbons (Fsp3) is 0.261. The first kappa shape index (κ1) is 22.8. The van der Waals surface area contributed by atoms with Crippen molar-refractivity contribution in [1.29, 1.82) is 0 Å². The maximum absolute atomic E-state index is 13.0. The molecule has 1 fully saturated rings. The maximum Gasteiger partial charge on any atom is 0.228 e. The van der Waals surface area contributed by atoms with Crippen molar-refractivity contribution in [3.8, 4) is 0 Å². The molecule has 0 spiro atoms. The van der Waals surface area contributed by atoms with Gasteiger partial charge in [0.05, 0.1) is 17.9 Å². The van der Waals surface area contributed by atoms with Crippen LogP contribution in [-0.4, -0.2) is 53.5 Å². The van der Waals surface area contributed by atoms with Gasteiger partial charge in [0, 0.05) is 47.8 Å². The number of aromatic nitrogens is 1. The summed E-state index contributed by atoms with van der Waals surface area (Å²) in [5.41, 5.74) is 2.30. The second-order valence-corrected chi connectivity index (χ2v) is 9.86. The van der Waals surface area contributed by atoms with Gasteiger partial charge in [-0.3, -0.25) is 9.59 Å². The Balaban J connectivity index is 1.24. The number of hydrogen-bond acceptors (Lipinski definition) is 6. The van der Waals surface area contributed by atoms with Gasteiger partial charge >= 0.3 is 0 Å². The first-order valence-electron chi connectivity index (χ1n) is 10.1. The molecule has 0 unspecified atom stereocenters. The lowest BCUT2D eigenvalue weighted by atomic mass is 10.1. The molecule has 0 bridgehead atoms. The standard InChI is InChI=1S/C23H21ClFN3O2S2/c24-17-3-7-20(8-4-17)27-9-11-28(12-10-27)22(30)13-19-14-31-23(26-19)32-15-21(29)16-1-5-18(25)6-2-16/h1-8,14H,9-13,15H2. The molecule has 0 N–H and O–H groups in total. The lowest BCUT2D eigenvalue weighted by Crippen LogP contribution is -2.49. The van der Waals surface area contributed by atoms with Gasteiger partial charge in [-0.25, -0.2) is 9.37 Å². The van der Waals surface area contributed by atoms with Gasteiger partial charge in [0.2, 0.25) is 5.91 Å². The summed E-state index contributed by atoms with van der Waals surface area (Å²) in [6, 6.07) is 13.3. The Morgan fingerprint density at radius 2 is 1.72 bits per heavy atom. The number of piperazine rings is 1. The van der Waals surface area contributed by atoms with Crippen LogP contribution in [0, 0.1) is 5.82 Å². The molecule has 3 aromatic rings. The Morgan fingerprint density at radius 1 is 1.03 bits per heavy atom. The highest BCUT2D eigenvalue weighted by Crippen LogP contribution is 2.25. The number of ketones is 1. The van der Waals surface area contributed by atoms with E-state index < -0.39 is 0 Å². The van der Waals surface area contributed by atoms with Crippen LogP contribution in [0.5, 0.6) is 0 Å². The molecule has 5 nitrogen and oxygen atoms in total. The summed E-state index contributed by atoms with van der Waals surface area (Å²) < 4.78 is 13.7. The Labute approximate surface area is 199 Å². The number of carbonyl (C=O) groups is 2. The summed E-state index contributed by atoms with van der Waals surface area (Å²) in [6.07, 6.45) is 0.254. The molecule has 2 aromatic carbocycles. The van der Waals surface area contributed by atoms with Crippen LogP contribution in [0.15, 0.2) is 58.3 Å². The van der Waals surface area contributed by atoms with Gasteiger partial charge in [0.25, 0.3) is 0 Å². The minimum Gasteiger partial charge on any atom is -0.368 e. The zero-order chi connectivity index (χ0) is 22.5. The Bertz CT molecular complexity index is 1080. The van der Waals surface area contributed by atoms with E-state index in [1.807, 2.05) is 34.5 Å². The summed E-state index contributed by atoms with van der Waals surface area (Å²) in [5.74, 6) is -0.166. The molecule has 4 rings (SSSR count). The molecular formula is C23H21ClFN3O2S2. The number of carbonyl (C=O) groups excluding carboxylic acids is 2. The van der Waals surface area contributed by atoms with Crippen LogP contribution in [0.25, 0.3) is 0 Å². The third-order valence-corrected chi connectivity index (χ3v) is 7.50. The number of Topliss-reactive ketones (excluding diaryl/α,β-unsaturated/α-hetero) is 1. The highest BCUT2D eigenvalue weighted by molar-refractivity contribution is 8.01. The first-order chi connectivity index (χ1) is 15.5. The summed E-state index contributed by atoms with van der Waals surface area (Å²) in [6.45, 7) is 2.88. The predicted octanol–water partition coefficient (Wildman–Crippen LogP) is 4.80. The zero-order valence-electron chi connectivity index (χ0n) is 17.2. The van der Waals surface area contributed by atoms with Crippen LogP contribution in [0.2, 0.25) is 5.02 Å². The van der Waals surface area contributed by atoms with Crippen LogP contribution in [0.4, 0.5) is 10.1 Å². The number of benzene rings is 2. The van der Waals surface area contributed by atoms with E-state index in [1.54, 1.807) is 0 Å². The van der Waals surface area contributed by atoms with Gasteiger partial charge in [-0.05, 0) is 48.5 Å². The highest BCUT2D eigenvalue weighted by Gasteiger charge is 2.22. The van der Waals surface area contributed by atoms with Crippen LogP contribution in [0.1, 0.15) is 16.1 Å². The Kier molecular flexibility index (Phi) is 7.44. The molecule has 0 aliphatic carbocycles. The van der Waals surface area contributed by atoms with E-state index in [0.717, 1.165) is 28.8 Å². The SMILES string of the molecule is O=C(CSc1nc(CC(=O)N2CCN(c3ccc(Cl)cc3)CC2)cs1)c1ccc(F)cc1. The van der Waals surface area contributed by atoms with Crippen molar-refractivity contribution in [2.75, 3.05) is 36.8 Å². The molecule has 1 aromatic heterocycles. The number of hydrogen-bond donors (Lipinski definition) is 0. The molecule has 1 aliphatic rings. The fourth-order valence-electron chi connectivity index (χ4n) is 3.41. The molecule has 0 atom stereocenters. The number of thioether (sulfide) groups is 1. The van der Waals surface area contributed by atoms with Crippen LogP contribution in [-0.2, 0) is 11.2 Å². The van der Waals surface area contributed by atoms with Crippen molar-refractivity contribution in [2.45, 2.75) is 10.8 Å². The molecule has 0 saturated carbocycles.